The van der Waals surface area contributed by atoms with E-state index >= 15 is 0 Å². The van der Waals surface area contributed by atoms with E-state index in [0.717, 1.165) is 4.88 Å². The average molecular weight is 324 g/mol. The van der Waals surface area contributed by atoms with Crippen LogP contribution in [0.1, 0.15) is 6.42 Å². The molecule has 0 bridgehead atoms. The highest BCUT2D eigenvalue weighted by Crippen LogP contribution is 2.26. The highest BCUT2D eigenvalue weighted by atomic mass is 32.2. The zero-order chi connectivity index (χ0) is 14.7. The fourth-order valence-electron chi connectivity index (χ4n) is 1.83. The number of urea groups is 1. The number of hydrogen-bond donors (Lipinski definition) is 1. The van der Waals surface area contributed by atoms with Crippen LogP contribution in [0.15, 0.2) is 27.2 Å². The number of carbonyl (C=O) groups excluding carboxylic acids is 2. The largest absolute Gasteiger partial charge is 0.410 e. The number of amides is 3. The Bertz CT molecular complexity index is 625. The minimum absolute atomic E-state index is 0.0970. The first kappa shape index (κ1) is 14.1. The van der Waals surface area contributed by atoms with Crippen molar-refractivity contribution < 1.29 is 14.0 Å². The van der Waals surface area contributed by atoms with Crippen molar-refractivity contribution >= 4 is 35.0 Å². The summed E-state index contributed by atoms with van der Waals surface area (Å²) in [7, 11) is 0. The zero-order valence-corrected chi connectivity index (χ0v) is 12.6. The fraction of sp³-hybridized carbons (Fsp3) is 0.333. The Hall–Kier alpha value is -1.87. The Morgan fingerprint density at radius 1 is 1.43 bits per heavy atom. The Morgan fingerprint density at radius 3 is 3.05 bits per heavy atom. The average Bonchev–Trinajstić information content (AvgIpc) is 3.19. The van der Waals surface area contributed by atoms with Gasteiger partial charge < -0.3 is 9.73 Å². The second kappa shape index (κ2) is 6.27. The van der Waals surface area contributed by atoms with E-state index in [1.165, 1.54) is 16.7 Å². The van der Waals surface area contributed by atoms with E-state index in [1.54, 1.807) is 11.3 Å². The lowest BCUT2D eigenvalue weighted by Gasteiger charge is -2.10. The summed E-state index contributed by atoms with van der Waals surface area (Å²) in [5.41, 5.74) is 0. The van der Waals surface area contributed by atoms with Gasteiger partial charge in [0.2, 0.25) is 5.91 Å². The van der Waals surface area contributed by atoms with Crippen molar-refractivity contribution in [1.82, 2.24) is 20.4 Å². The molecule has 0 spiro atoms. The lowest BCUT2D eigenvalue weighted by Crippen LogP contribution is -2.32. The van der Waals surface area contributed by atoms with Crippen molar-refractivity contribution in [2.45, 2.75) is 11.6 Å². The summed E-state index contributed by atoms with van der Waals surface area (Å²) in [5.74, 6) is 1.03. The Morgan fingerprint density at radius 2 is 2.33 bits per heavy atom. The van der Waals surface area contributed by atoms with Gasteiger partial charge in [-0.05, 0) is 17.9 Å². The van der Waals surface area contributed by atoms with Crippen LogP contribution in [0.25, 0.3) is 10.8 Å². The molecule has 0 aromatic carbocycles. The number of thiophene rings is 1. The summed E-state index contributed by atoms with van der Waals surface area (Å²) in [6, 6.07) is 3.53. The number of imide groups is 1. The monoisotopic (exact) mass is 324 g/mol. The van der Waals surface area contributed by atoms with Gasteiger partial charge in [-0.3, -0.25) is 9.69 Å². The van der Waals surface area contributed by atoms with Gasteiger partial charge in [0, 0.05) is 12.3 Å². The Labute approximate surface area is 128 Å². The lowest BCUT2D eigenvalue weighted by molar-refractivity contribution is -0.124. The maximum atomic E-state index is 11.4. The normalized spacial score (nSPS) is 14.8. The van der Waals surface area contributed by atoms with Crippen LogP contribution in [-0.4, -0.2) is 45.9 Å². The summed E-state index contributed by atoms with van der Waals surface area (Å²) >= 11 is 2.96. The minimum atomic E-state index is -0.317. The predicted octanol–water partition coefficient (Wildman–Crippen LogP) is 1.83. The number of thioether (sulfide) groups is 1. The zero-order valence-electron chi connectivity index (χ0n) is 10.9. The topological polar surface area (TPSA) is 88.3 Å². The number of carbonyl (C=O) groups is 2. The SMILES string of the molecule is O=C1CNC(=O)N1CCCSc1nnc(-c2cccs2)o1. The van der Waals surface area contributed by atoms with Crippen LogP contribution in [0.5, 0.6) is 0 Å². The number of nitrogens with zero attached hydrogens (tertiary/aromatic N) is 3. The van der Waals surface area contributed by atoms with Crippen LogP contribution in [0.3, 0.4) is 0 Å². The maximum absolute atomic E-state index is 11.4. The predicted molar refractivity (Wildman–Crippen MR) is 78.1 cm³/mol. The molecule has 21 heavy (non-hydrogen) atoms. The van der Waals surface area contributed by atoms with Crippen molar-refractivity contribution in [3.05, 3.63) is 17.5 Å². The first-order chi connectivity index (χ1) is 10.2. The molecule has 3 rings (SSSR count). The van der Waals surface area contributed by atoms with Crippen LogP contribution < -0.4 is 5.32 Å². The molecule has 2 aromatic rings. The molecule has 0 aliphatic carbocycles. The Balaban J connectivity index is 1.46. The molecule has 1 aliphatic heterocycles. The van der Waals surface area contributed by atoms with E-state index in [1.807, 2.05) is 17.5 Å². The number of hydrogen-bond acceptors (Lipinski definition) is 7. The molecule has 7 nitrogen and oxygen atoms in total. The molecule has 110 valence electrons. The van der Waals surface area contributed by atoms with E-state index in [2.05, 4.69) is 15.5 Å². The van der Waals surface area contributed by atoms with Crippen LogP contribution in [0.4, 0.5) is 4.79 Å². The first-order valence-electron chi connectivity index (χ1n) is 6.32. The summed E-state index contributed by atoms with van der Waals surface area (Å²) in [6.07, 6.45) is 0.681. The highest BCUT2D eigenvalue weighted by molar-refractivity contribution is 7.99. The van der Waals surface area contributed by atoms with Crippen LogP contribution in [-0.2, 0) is 4.79 Å². The quantitative estimate of drug-likeness (QED) is 0.495. The van der Waals surface area contributed by atoms with Gasteiger partial charge in [-0.25, -0.2) is 4.79 Å². The standard InChI is InChI=1S/C12H12N4O3S2/c17-9-7-13-11(18)16(9)4-2-6-21-12-15-14-10(19-12)8-3-1-5-20-8/h1,3,5H,2,4,6-7H2,(H,13,18). The van der Waals surface area contributed by atoms with Gasteiger partial charge in [0.1, 0.15) is 0 Å². The van der Waals surface area contributed by atoms with E-state index in [-0.39, 0.29) is 18.5 Å². The molecule has 1 aliphatic rings. The smallest absolute Gasteiger partial charge is 0.324 e. The molecule has 0 radical (unpaired) electrons. The van der Waals surface area contributed by atoms with E-state index in [0.29, 0.717) is 29.8 Å². The molecule has 3 heterocycles. The maximum Gasteiger partial charge on any atom is 0.324 e. The van der Waals surface area contributed by atoms with Gasteiger partial charge >= 0.3 is 6.03 Å². The summed E-state index contributed by atoms with van der Waals surface area (Å²) in [4.78, 5) is 24.9. The lowest BCUT2D eigenvalue weighted by atomic mass is 10.4. The van der Waals surface area contributed by atoms with Gasteiger partial charge in [0.25, 0.3) is 11.1 Å². The first-order valence-corrected chi connectivity index (χ1v) is 8.19. The summed E-state index contributed by atoms with van der Waals surface area (Å²) in [5, 5.41) is 12.9. The molecule has 1 fully saturated rings. The third-order valence-electron chi connectivity index (χ3n) is 2.83. The van der Waals surface area contributed by atoms with Gasteiger partial charge in [-0.1, -0.05) is 17.8 Å². The molecule has 3 amide bonds. The molecule has 0 unspecified atom stereocenters. The minimum Gasteiger partial charge on any atom is -0.410 e. The molecule has 0 atom stereocenters. The molecule has 9 heteroatoms. The number of rotatable bonds is 6. The highest BCUT2D eigenvalue weighted by Gasteiger charge is 2.27. The Kier molecular flexibility index (Phi) is 4.20. The van der Waals surface area contributed by atoms with Crippen molar-refractivity contribution in [1.29, 1.82) is 0 Å². The fourth-order valence-corrected chi connectivity index (χ4v) is 3.16. The van der Waals surface area contributed by atoms with Crippen LogP contribution >= 0.6 is 23.1 Å². The summed E-state index contributed by atoms with van der Waals surface area (Å²) < 4.78 is 5.53. The van der Waals surface area contributed by atoms with E-state index in [4.69, 9.17) is 4.42 Å². The van der Waals surface area contributed by atoms with Crippen molar-refractivity contribution in [2.24, 2.45) is 0 Å². The second-order valence-corrected chi connectivity index (χ2v) is 6.25. The van der Waals surface area contributed by atoms with Crippen molar-refractivity contribution in [3.63, 3.8) is 0 Å². The third-order valence-corrected chi connectivity index (χ3v) is 4.59. The molecule has 2 aromatic heterocycles. The van der Waals surface area contributed by atoms with Gasteiger partial charge in [0.05, 0.1) is 11.4 Å². The summed E-state index contributed by atoms with van der Waals surface area (Å²) in [6.45, 7) is 0.503. The van der Waals surface area contributed by atoms with Crippen molar-refractivity contribution in [3.8, 4) is 10.8 Å². The van der Waals surface area contributed by atoms with Crippen molar-refractivity contribution in [2.75, 3.05) is 18.8 Å². The molecule has 1 saturated heterocycles. The molecular formula is C12H12N4O3S2. The molecular weight excluding hydrogens is 312 g/mol. The van der Waals surface area contributed by atoms with E-state index < -0.39 is 0 Å². The van der Waals surface area contributed by atoms with Gasteiger partial charge in [-0.15, -0.1) is 21.5 Å². The van der Waals surface area contributed by atoms with Gasteiger partial charge in [-0.2, -0.15) is 0 Å². The van der Waals surface area contributed by atoms with Crippen LogP contribution in [0.2, 0.25) is 0 Å². The molecule has 0 saturated carbocycles. The number of aromatic nitrogens is 2. The second-order valence-electron chi connectivity index (χ2n) is 4.26. The van der Waals surface area contributed by atoms with E-state index in [9.17, 15) is 9.59 Å². The van der Waals surface area contributed by atoms with Gasteiger partial charge in [0.15, 0.2) is 0 Å². The number of nitrogens with one attached hydrogen (secondary N) is 1. The molecule has 1 N–H and O–H groups in total. The third kappa shape index (κ3) is 3.24. The van der Waals surface area contributed by atoms with Crippen LogP contribution in [0, 0.1) is 0 Å².